The summed E-state index contributed by atoms with van der Waals surface area (Å²) in [4.78, 5) is 18.3. The van der Waals surface area contributed by atoms with E-state index in [0.717, 1.165) is 38.2 Å². The Hall–Kier alpha value is -2.89. The second kappa shape index (κ2) is 9.07. The molecule has 0 spiro atoms. The number of amides is 1. The minimum atomic E-state index is -0.102. The number of anilines is 1. The highest BCUT2D eigenvalue weighted by Gasteiger charge is 2.12. The fourth-order valence-electron chi connectivity index (χ4n) is 2.98. The first kappa shape index (κ1) is 19.4. The van der Waals surface area contributed by atoms with Gasteiger partial charge in [0, 0.05) is 21.7 Å². The second-order valence-electron chi connectivity index (χ2n) is 6.54. The zero-order valence-electron chi connectivity index (χ0n) is 16.0. The maximum Gasteiger partial charge on any atom is 0.256 e. The van der Waals surface area contributed by atoms with Gasteiger partial charge in [0.05, 0.1) is 16.3 Å². The van der Waals surface area contributed by atoms with Gasteiger partial charge in [0.1, 0.15) is 0 Å². The normalized spacial score (nSPS) is 10.7. The van der Waals surface area contributed by atoms with E-state index in [9.17, 15) is 4.79 Å². The van der Waals surface area contributed by atoms with Gasteiger partial charge in [0.25, 0.3) is 5.91 Å². The Labute approximate surface area is 178 Å². The summed E-state index contributed by atoms with van der Waals surface area (Å²) in [5, 5.41) is 6.14. The molecule has 0 aliphatic carbocycles. The molecule has 0 bridgehead atoms. The average Bonchev–Trinajstić information content (AvgIpc) is 3.19. The monoisotopic (exact) mass is 416 g/mol. The molecular formula is C24H20N2OS2. The molecular weight excluding hydrogens is 396 g/mol. The molecule has 144 valence electrons. The van der Waals surface area contributed by atoms with Crippen LogP contribution in [0.5, 0.6) is 0 Å². The van der Waals surface area contributed by atoms with E-state index in [1.165, 1.54) is 0 Å². The van der Waals surface area contributed by atoms with Gasteiger partial charge in [-0.2, -0.15) is 0 Å². The van der Waals surface area contributed by atoms with Crippen LogP contribution in [0.1, 0.15) is 21.1 Å². The number of thioether (sulfide) groups is 1. The lowest BCUT2D eigenvalue weighted by molar-refractivity contribution is 0.102. The quantitative estimate of drug-likeness (QED) is 0.357. The van der Waals surface area contributed by atoms with E-state index in [0.29, 0.717) is 5.56 Å². The van der Waals surface area contributed by atoms with Crippen molar-refractivity contribution in [2.24, 2.45) is 0 Å². The van der Waals surface area contributed by atoms with Gasteiger partial charge >= 0.3 is 0 Å². The summed E-state index contributed by atoms with van der Waals surface area (Å²) >= 11 is 3.28. The lowest BCUT2D eigenvalue weighted by Gasteiger charge is -2.10. The van der Waals surface area contributed by atoms with E-state index in [-0.39, 0.29) is 5.91 Å². The van der Waals surface area contributed by atoms with Crippen LogP contribution in [0.15, 0.2) is 89.1 Å². The number of aromatic nitrogens is 1. The maximum absolute atomic E-state index is 12.9. The molecule has 3 nitrogen and oxygen atoms in total. The smallest absolute Gasteiger partial charge is 0.256 e. The van der Waals surface area contributed by atoms with Crippen molar-refractivity contribution in [3.63, 3.8) is 0 Å². The van der Waals surface area contributed by atoms with Crippen molar-refractivity contribution < 1.29 is 4.79 Å². The molecule has 4 rings (SSSR count). The number of hydrogen-bond acceptors (Lipinski definition) is 4. The predicted molar refractivity (Wildman–Crippen MR) is 123 cm³/mol. The lowest BCUT2D eigenvalue weighted by atomic mass is 10.1. The number of carbonyl (C=O) groups excluding carboxylic acids is 1. The Balaban J connectivity index is 1.46. The first-order valence-corrected chi connectivity index (χ1v) is 11.2. The molecule has 1 aromatic heterocycles. The molecule has 0 fully saturated rings. The van der Waals surface area contributed by atoms with Crippen molar-refractivity contribution in [1.82, 2.24) is 4.98 Å². The van der Waals surface area contributed by atoms with Crippen LogP contribution in [-0.4, -0.2) is 10.9 Å². The van der Waals surface area contributed by atoms with E-state index in [1.54, 1.807) is 23.1 Å². The number of hydrogen-bond donors (Lipinski definition) is 1. The number of nitrogens with zero attached hydrogens (tertiary/aromatic N) is 1. The van der Waals surface area contributed by atoms with Gasteiger partial charge in [-0.25, -0.2) is 4.98 Å². The fraction of sp³-hybridized carbons (Fsp3) is 0.0833. The van der Waals surface area contributed by atoms with Crippen molar-refractivity contribution in [3.05, 3.63) is 101 Å². The molecule has 1 N–H and O–H groups in total. The Bertz CT molecular complexity index is 1110. The molecule has 3 aromatic carbocycles. The number of benzene rings is 3. The number of nitrogens with one attached hydrogen (secondary N) is 1. The third-order valence-corrected chi connectivity index (χ3v) is 6.35. The van der Waals surface area contributed by atoms with Crippen LogP contribution < -0.4 is 5.32 Å². The summed E-state index contributed by atoms with van der Waals surface area (Å²) in [5.41, 5.74) is 4.79. The van der Waals surface area contributed by atoms with Crippen LogP contribution >= 0.6 is 23.1 Å². The fourth-order valence-corrected chi connectivity index (χ4v) is 4.64. The van der Waals surface area contributed by atoms with Crippen LogP contribution in [0.2, 0.25) is 0 Å². The highest BCUT2D eigenvalue weighted by atomic mass is 32.2. The van der Waals surface area contributed by atoms with Gasteiger partial charge in [0.15, 0.2) is 0 Å². The first-order valence-electron chi connectivity index (χ1n) is 9.29. The molecule has 0 saturated heterocycles. The largest absolute Gasteiger partial charge is 0.322 e. The Morgan fingerprint density at radius 3 is 2.34 bits per heavy atom. The second-order valence-corrected chi connectivity index (χ2v) is 8.62. The number of aryl methyl sites for hydroxylation is 1. The Morgan fingerprint density at radius 1 is 0.931 bits per heavy atom. The SMILES string of the molecule is Cc1nc(CSc2ccccc2C(=O)Nc2ccc(-c3ccccc3)cc2)cs1. The molecule has 0 saturated carbocycles. The summed E-state index contributed by atoms with van der Waals surface area (Å²) in [6.45, 7) is 2.00. The van der Waals surface area contributed by atoms with Crippen LogP contribution in [0.3, 0.4) is 0 Å². The molecule has 29 heavy (non-hydrogen) atoms. The summed E-state index contributed by atoms with van der Waals surface area (Å²) in [6, 6.07) is 25.8. The zero-order valence-corrected chi connectivity index (χ0v) is 17.6. The van der Waals surface area contributed by atoms with E-state index in [4.69, 9.17) is 0 Å². The molecule has 0 aliphatic rings. The minimum Gasteiger partial charge on any atom is -0.322 e. The number of rotatable bonds is 6. The molecule has 0 unspecified atom stereocenters. The van der Waals surface area contributed by atoms with Crippen LogP contribution in [-0.2, 0) is 5.75 Å². The third kappa shape index (κ3) is 4.94. The van der Waals surface area contributed by atoms with Gasteiger partial charge in [0.2, 0.25) is 0 Å². The molecule has 1 amide bonds. The Morgan fingerprint density at radius 2 is 1.62 bits per heavy atom. The summed E-state index contributed by atoms with van der Waals surface area (Å²) < 4.78 is 0. The number of carbonyl (C=O) groups is 1. The van der Waals surface area contributed by atoms with Crippen molar-refractivity contribution in [2.45, 2.75) is 17.6 Å². The lowest BCUT2D eigenvalue weighted by Crippen LogP contribution is -2.12. The van der Waals surface area contributed by atoms with Crippen LogP contribution in [0, 0.1) is 6.92 Å². The van der Waals surface area contributed by atoms with E-state index in [2.05, 4.69) is 27.8 Å². The minimum absolute atomic E-state index is 0.102. The summed E-state index contributed by atoms with van der Waals surface area (Å²) in [6.07, 6.45) is 0. The average molecular weight is 417 g/mol. The van der Waals surface area contributed by atoms with Gasteiger partial charge in [-0.3, -0.25) is 4.79 Å². The van der Waals surface area contributed by atoms with E-state index in [1.807, 2.05) is 73.7 Å². The molecule has 1 heterocycles. The molecule has 0 atom stereocenters. The van der Waals surface area contributed by atoms with Gasteiger partial charge < -0.3 is 5.32 Å². The van der Waals surface area contributed by atoms with Gasteiger partial charge in [-0.1, -0.05) is 54.6 Å². The topological polar surface area (TPSA) is 42.0 Å². The number of thiazole rings is 1. The first-order chi connectivity index (χ1) is 14.2. The Kier molecular flexibility index (Phi) is 6.08. The molecule has 0 aliphatic heterocycles. The molecule has 5 heteroatoms. The zero-order chi connectivity index (χ0) is 20.1. The van der Waals surface area contributed by atoms with Gasteiger partial charge in [-0.15, -0.1) is 23.1 Å². The third-order valence-electron chi connectivity index (χ3n) is 4.42. The summed E-state index contributed by atoms with van der Waals surface area (Å²) in [5.74, 6) is 0.649. The van der Waals surface area contributed by atoms with E-state index >= 15 is 0 Å². The van der Waals surface area contributed by atoms with Crippen molar-refractivity contribution in [1.29, 1.82) is 0 Å². The summed E-state index contributed by atoms with van der Waals surface area (Å²) in [7, 11) is 0. The van der Waals surface area contributed by atoms with Crippen LogP contribution in [0.4, 0.5) is 5.69 Å². The van der Waals surface area contributed by atoms with E-state index < -0.39 is 0 Å². The molecule has 4 aromatic rings. The van der Waals surface area contributed by atoms with Crippen molar-refractivity contribution >= 4 is 34.7 Å². The van der Waals surface area contributed by atoms with Crippen molar-refractivity contribution in [3.8, 4) is 11.1 Å². The van der Waals surface area contributed by atoms with Crippen molar-refractivity contribution in [2.75, 3.05) is 5.32 Å². The van der Waals surface area contributed by atoms with Gasteiger partial charge in [-0.05, 0) is 42.3 Å². The maximum atomic E-state index is 12.9. The highest BCUT2D eigenvalue weighted by Crippen LogP contribution is 2.28. The standard InChI is InChI=1S/C24H20N2OS2/c1-17-25-21(15-28-17)16-29-23-10-6-5-9-22(23)24(27)26-20-13-11-19(12-14-20)18-7-3-2-4-8-18/h2-15H,16H2,1H3,(H,26,27). The van der Waals surface area contributed by atoms with Crippen LogP contribution in [0.25, 0.3) is 11.1 Å². The predicted octanol–water partition coefficient (Wildman–Crippen LogP) is 6.66. The molecule has 0 radical (unpaired) electrons. The highest BCUT2D eigenvalue weighted by molar-refractivity contribution is 7.98.